The number of methoxy groups -OCH3 is 1. The van der Waals surface area contributed by atoms with Crippen LogP contribution in [0.2, 0.25) is 0 Å². The second-order valence-corrected chi connectivity index (χ2v) is 11.2. The van der Waals surface area contributed by atoms with Crippen LogP contribution in [0.15, 0.2) is 77.7 Å². The molecule has 0 N–H and O–H groups in total. The van der Waals surface area contributed by atoms with Gasteiger partial charge in [0, 0.05) is 5.56 Å². The lowest BCUT2D eigenvalue weighted by Crippen LogP contribution is -2.31. The van der Waals surface area contributed by atoms with Crippen LogP contribution in [0.25, 0.3) is 6.08 Å². The number of rotatable bonds is 7. The van der Waals surface area contributed by atoms with Crippen molar-refractivity contribution < 1.29 is 17.9 Å². The van der Waals surface area contributed by atoms with Gasteiger partial charge in [-0.3, -0.25) is 4.31 Å². The second kappa shape index (κ2) is 9.18. The molecule has 3 aromatic carbocycles. The molecule has 0 saturated carbocycles. The molecule has 1 heterocycles. The van der Waals surface area contributed by atoms with Gasteiger partial charge in [0.1, 0.15) is 22.0 Å². The zero-order valence-electron chi connectivity index (χ0n) is 20.3. The predicted molar refractivity (Wildman–Crippen MR) is 137 cm³/mol. The Balaban J connectivity index is 1.77. The van der Waals surface area contributed by atoms with E-state index in [4.69, 9.17) is 9.47 Å². The van der Waals surface area contributed by atoms with E-state index in [-0.39, 0.29) is 23.0 Å². The number of nitrogens with zero attached hydrogens (tertiary/aromatic N) is 1. The summed E-state index contributed by atoms with van der Waals surface area (Å²) in [7, 11) is -2.42. The molecule has 4 rings (SSSR count). The topological polar surface area (TPSA) is 55.8 Å². The summed E-state index contributed by atoms with van der Waals surface area (Å²) in [5.41, 5.74) is 3.03. The molecule has 0 unspecified atom stereocenters. The molecule has 0 fully saturated rings. The van der Waals surface area contributed by atoms with E-state index in [9.17, 15) is 8.42 Å². The third-order valence-electron chi connectivity index (χ3n) is 5.90. The number of ether oxygens (including phenoxy) is 2. The van der Waals surface area contributed by atoms with Crippen molar-refractivity contribution in [1.29, 1.82) is 0 Å². The molecule has 0 atom stereocenters. The summed E-state index contributed by atoms with van der Waals surface area (Å²) in [6, 6.07) is 20.3. The van der Waals surface area contributed by atoms with Crippen molar-refractivity contribution in [2.75, 3.05) is 11.4 Å². The lowest BCUT2D eigenvalue weighted by atomic mass is 10.0. The quantitative estimate of drug-likeness (QED) is 0.395. The van der Waals surface area contributed by atoms with Crippen LogP contribution in [0, 0.1) is 0 Å². The summed E-state index contributed by atoms with van der Waals surface area (Å²) in [6.07, 6.45) is 4.03. The highest BCUT2D eigenvalue weighted by molar-refractivity contribution is 7.92. The van der Waals surface area contributed by atoms with Crippen molar-refractivity contribution in [3.63, 3.8) is 0 Å². The Morgan fingerprint density at radius 2 is 1.74 bits per heavy atom. The third kappa shape index (κ3) is 4.82. The van der Waals surface area contributed by atoms with E-state index in [1.54, 1.807) is 18.2 Å². The lowest BCUT2D eigenvalue weighted by Gasteiger charge is -2.29. The number of sulfonamides is 1. The average molecular weight is 478 g/mol. The van der Waals surface area contributed by atoms with Crippen molar-refractivity contribution in [1.82, 2.24) is 0 Å². The summed E-state index contributed by atoms with van der Waals surface area (Å²) < 4.78 is 40.9. The Morgan fingerprint density at radius 3 is 2.41 bits per heavy atom. The first-order valence-corrected chi connectivity index (χ1v) is 12.8. The van der Waals surface area contributed by atoms with Crippen molar-refractivity contribution >= 4 is 21.8 Å². The van der Waals surface area contributed by atoms with Crippen LogP contribution in [0.1, 0.15) is 50.3 Å². The number of hydrogen-bond acceptors (Lipinski definition) is 4. The standard InChI is InChI=1S/C28H31NO4S/c1-20(2)22-12-14-27(26(18-22)32-5)34(30,31)29(24-9-7-6-8-10-24)19-21-11-13-25-23(17-21)15-16-28(3,4)33-25/h6-18,20H,19H2,1-5H3. The maximum atomic E-state index is 14.0. The number of para-hydroxylation sites is 1. The Morgan fingerprint density at radius 1 is 1.00 bits per heavy atom. The van der Waals surface area contributed by atoms with E-state index in [1.807, 2.05) is 74.5 Å². The molecule has 0 bridgehead atoms. The molecule has 178 valence electrons. The molecule has 0 saturated heterocycles. The summed E-state index contributed by atoms with van der Waals surface area (Å²) in [5.74, 6) is 1.39. The highest BCUT2D eigenvalue weighted by atomic mass is 32.2. The van der Waals surface area contributed by atoms with Crippen molar-refractivity contribution in [3.05, 3.63) is 89.5 Å². The minimum atomic E-state index is -3.92. The van der Waals surface area contributed by atoms with E-state index in [0.29, 0.717) is 11.4 Å². The first kappa shape index (κ1) is 23.9. The van der Waals surface area contributed by atoms with Crippen LogP contribution in [-0.2, 0) is 16.6 Å². The van der Waals surface area contributed by atoms with Gasteiger partial charge < -0.3 is 9.47 Å². The van der Waals surface area contributed by atoms with E-state index in [1.165, 1.54) is 11.4 Å². The van der Waals surface area contributed by atoms with Gasteiger partial charge in [0.2, 0.25) is 0 Å². The van der Waals surface area contributed by atoms with Gasteiger partial charge in [0.05, 0.1) is 19.3 Å². The molecule has 1 aliphatic rings. The lowest BCUT2D eigenvalue weighted by molar-refractivity contribution is 0.159. The molecule has 3 aromatic rings. The Hall–Kier alpha value is -3.25. The van der Waals surface area contributed by atoms with E-state index >= 15 is 0 Å². The molecule has 1 aliphatic heterocycles. The maximum absolute atomic E-state index is 14.0. The molecule has 6 heteroatoms. The Kier molecular flexibility index (Phi) is 6.45. The molecule has 34 heavy (non-hydrogen) atoms. The van der Waals surface area contributed by atoms with Gasteiger partial charge in [-0.2, -0.15) is 0 Å². The molecule has 0 aliphatic carbocycles. The molecule has 0 spiro atoms. The summed E-state index contributed by atoms with van der Waals surface area (Å²) in [5, 5.41) is 0. The molecular weight excluding hydrogens is 446 g/mol. The van der Waals surface area contributed by atoms with Gasteiger partial charge in [0.15, 0.2) is 0 Å². The average Bonchev–Trinajstić information content (AvgIpc) is 2.82. The molecule has 0 radical (unpaired) electrons. The van der Waals surface area contributed by atoms with Crippen LogP contribution < -0.4 is 13.8 Å². The van der Waals surface area contributed by atoms with Crippen LogP contribution in [0.3, 0.4) is 0 Å². The minimum absolute atomic E-state index is 0.145. The Bertz CT molecular complexity index is 1310. The van der Waals surface area contributed by atoms with Crippen molar-refractivity contribution in [2.24, 2.45) is 0 Å². The van der Waals surface area contributed by atoms with Gasteiger partial charge in [-0.05, 0) is 73.4 Å². The largest absolute Gasteiger partial charge is 0.495 e. The fourth-order valence-corrected chi connectivity index (χ4v) is 5.57. The van der Waals surface area contributed by atoms with Gasteiger partial charge >= 0.3 is 0 Å². The van der Waals surface area contributed by atoms with Crippen LogP contribution >= 0.6 is 0 Å². The molecule has 0 amide bonds. The van der Waals surface area contributed by atoms with Crippen LogP contribution in [-0.4, -0.2) is 21.1 Å². The molecular formula is C28H31NO4S. The van der Waals surface area contributed by atoms with Gasteiger partial charge in [-0.25, -0.2) is 8.42 Å². The SMILES string of the molecule is COc1cc(C(C)C)ccc1S(=O)(=O)N(Cc1ccc2c(c1)C=CC(C)(C)O2)c1ccccc1. The van der Waals surface area contributed by atoms with Gasteiger partial charge in [0.25, 0.3) is 10.0 Å². The zero-order valence-corrected chi connectivity index (χ0v) is 21.1. The summed E-state index contributed by atoms with van der Waals surface area (Å²) >= 11 is 0. The highest BCUT2D eigenvalue weighted by Gasteiger charge is 2.29. The van der Waals surface area contributed by atoms with Crippen LogP contribution in [0.5, 0.6) is 11.5 Å². The van der Waals surface area contributed by atoms with E-state index in [0.717, 1.165) is 22.4 Å². The normalized spacial score (nSPS) is 14.4. The molecule has 0 aromatic heterocycles. The number of benzene rings is 3. The first-order valence-electron chi connectivity index (χ1n) is 11.4. The second-order valence-electron chi connectivity index (χ2n) is 9.32. The first-order chi connectivity index (χ1) is 16.1. The highest BCUT2D eigenvalue weighted by Crippen LogP contribution is 2.35. The zero-order chi connectivity index (χ0) is 24.5. The predicted octanol–water partition coefficient (Wildman–Crippen LogP) is 6.40. The Labute approximate surface area is 202 Å². The summed E-state index contributed by atoms with van der Waals surface area (Å²) in [6.45, 7) is 8.30. The maximum Gasteiger partial charge on any atom is 0.268 e. The van der Waals surface area contributed by atoms with Gasteiger partial charge in [-0.1, -0.05) is 50.3 Å². The number of fused-ring (bicyclic) bond motifs is 1. The van der Waals surface area contributed by atoms with Crippen molar-refractivity contribution in [3.8, 4) is 11.5 Å². The molecule has 5 nitrogen and oxygen atoms in total. The minimum Gasteiger partial charge on any atom is -0.495 e. The summed E-state index contributed by atoms with van der Waals surface area (Å²) in [4.78, 5) is 0.145. The van der Waals surface area contributed by atoms with E-state index in [2.05, 4.69) is 13.8 Å². The van der Waals surface area contributed by atoms with Gasteiger partial charge in [-0.15, -0.1) is 0 Å². The number of anilines is 1. The smallest absolute Gasteiger partial charge is 0.268 e. The van der Waals surface area contributed by atoms with Crippen molar-refractivity contribution in [2.45, 2.75) is 50.7 Å². The fraction of sp³-hybridized carbons (Fsp3) is 0.286. The third-order valence-corrected chi connectivity index (χ3v) is 7.72. The number of hydrogen-bond donors (Lipinski definition) is 0. The van der Waals surface area contributed by atoms with E-state index < -0.39 is 10.0 Å². The monoisotopic (exact) mass is 477 g/mol. The van der Waals surface area contributed by atoms with Crippen LogP contribution in [0.4, 0.5) is 5.69 Å². The fourth-order valence-electron chi connectivity index (χ4n) is 3.98.